The van der Waals surface area contributed by atoms with Crippen LogP contribution in [0.5, 0.6) is 5.75 Å². The van der Waals surface area contributed by atoms with Crippen LogP contribution in [-0.4, -0.2) is 25.1 Å². The number of hydrogen-bond acceptors (Lipinski definition) is 3. The van der Waals surface area contributed by atoms with Gasteiger partial charge in [-0.15, -0.1) is 0 Å². The van der Waals surface area contributed by atoms with Crippen LogP contribution in [0.2, 0.25) is 5.02 Å². The number of amides is 3. The van der Waals surface area contributed by atoms with E-state index in [1.54, 1.807) is 41.3 Å². The standard InChI is InChI=1S/C23H28ClN3O3/c1-15(2)11-12-27-19-10-9-16(13-20(19)30-14-23(3,4)21(27)28)25-22(29)26-18-8-6-5-7-17(18)24/h5-10,13,15H,11-12,14H2,1-4H3,(H2,25,26,29). The zero-order chi connectivity index (χ0) is 21.9. The van der Waals surface area contributed by atoms with E-state index in [-0.39, 0.29) is 12.5 Å². The van der Waals surface area contributed by atoms with Gasteiger partial charge in [0.05, 0.1) is 21.8 Å². The van der Waals surface area contributed by atoms with Crippen molar-refractivity contribution >= 4 is 40.6 Å². The molecule has 6 nitrogen and oxygen atoms in total. The zero-order valence-electron chi connectivity index (χ0n) is 17.8. The van der Waals surface area contributed by atoms with Crippen molar-refractivity contribution in [2.75, 3.05) is 28.7 Å². The molecule has 0 unspecified atom stereocenters. The summed E-state index contributed by atoms with van der Waals surface area (Å²) in [6.07, 6.45) is 0.890. The first-order valence-corrected chi connectivity index (χ1v) is 10.5. The van der Waals surface area contributed by atoms with Crippen LogP contribution in [0.3, 0.4) is 0 Å². The Morgan fingerprint density at radius 1 is 1.20 bits per heavy atom. The van der Waals surface area contributed by atoms with Crippen molar-refractivity contribution < 1.29 is 14.3 Å². The Balaban J connectivity index is 1.81. The fourth-order valence-corrected chi connectivity index (χ4v) is 3.36. The van der Waals surface area contributed by atoms with E-state index in [0.29, 0.717) is 34.6 Å². The predicted molar refractivity (Wildman–Crippen MR) is 122 cm³/mol. The lowest BCUT2D eigenvalue weighted by molar-refractivity contribution is -0.127. The largest absolute Gasteiger partial charge is 0.490 e. The number of hydrogen-bond donors (Lipinski definition) is 2. The summed E-state index contributed by atoms with van der Waals surface area (Å²) < 4.78 is 5.98. The van der Waals surface area contributed by atoms with E-state index in [4.69, 9.17) is 16.3 Å². The van der Waals surface area contributed by atoms with Crippen LogP contribution in [-0.2, 0) is 4.79 Å². The highest BCUT2D eigenvalue weighted by Gasteiger charge is 2.37. The van der Waals surface area contributed by atoms with Gasteiger partial charge in [0.25, 0.3) is 0 Å². The summed E-state index contributed by atoms with van der Waals surface area (Å²) in [6.45, 7) is 8.94. The minimum Gasteiger partial charge on any atom is -0.490 e. The van der Waals surface area contributed by atoms with Crippen molar-refractivity contribution in [2.24, 2.45) is 11.3 Å². The molecule has 0 atom stereocenters. The molecule has 0 saturated heterocycles. The SMILES string of the molecule is CC(C)CCN1C(=O)C(C)(C)COc2cc(NC(=O)Nc3ccccc3Cl)ccc21. The Labute approximate surface area is 182 Å². The summed E-state index contributed by atoms with van der Waals surface area (Å²) in [7, 11) is 0. The Kier molecular flexibility index (Phi) is 6.56. The molecule has 0 bridgehead atoms. The minimum atomic E-state index is -0.634. The summed E-state index contributed by atoms with van der Waals surface area (Å²) in [5.74, 6) is 1.09. The van der Waals surface area contributed by atoms with Gasteiger partial charge < -0.3 is 20.3 Å². The highest BCUT2D eigenvalue weighted by atomic mass is 35.5. The molecule has 160 valence electrons. The first-order chi connectivity index (χ1) is 14.2. The van der Waals surface area contributed by atoms with E-state index in [9.17, 15) is 9.59 Å². The molecule has 7 heteroatoms. The van der Waals surface area contributed by atoms with Crippen LogP contribution < -0.4 is 20.3 Å². The summed E-state index contributed by atoms with van der Waals surface area (Å²) in [5, 5.41) is 5.98. The van der Waals surface area contributed by atoms with E-state index in [2.05, 4.69) is 24.5 Å². The van der Waals surface area contributed by atoms with E-state index in [1.807, 2.05) is 19.9 Å². The number of carbonyl (C=O) groups excluding carboxylic acids is 2. The molecule has 0 saturated carbocycles. The number of para-hydroxylation sites is 1. The first-order valence-electron chi connectivity index (χ1n) is 10.1. The van der Waals surface area contributed by atoms with Gasteiger partial charge in [-0.05, 0) is 50.5 Å². The lowest BCUT2D eigenvalue weighted by atomic mass is 9.92. The third-order valence-electron chi connectivity index (χ3n) is 4.97. The third kappa shape index (κ3) is 5.05. The number of fused-ring (bicyclic) bond motifs is 1. The number of urea groups is 1. The maximum absolute atomic E-state index is 13.1. The lowest BCUT2D eigenvalue weighted by Gasteiger charge is -2.28. The van der Waals surface area contributed by atoms with E-state index in [1.165, 1.54) is 0 Å². The van der Waals surface area contributed by atoms with Crippen molar-refractivity contribution in [1.29, 1.82) is 0 Å². The zero-order valence-corrected chi connectivity index (χ0v) is 18.5. The monoisotopic (exact) mass is 429 g/mol. The molecule has 2 N–H and O–H groups in total. The van der Waals surface area contributed by atoms with Crippen LogP contribution in [0.1, 0.15) is 34.1 Å². The summed E-state index contributed by atoms with van der Waals surface area (Å²) in [5.41, 5.74) is 1.18. The second kappa shape index (κ2) is 8.96. The van der Waals surface area contributed by atoms with Gasteiger partial charge in [0, 0.05) is 18.3 Å². The van der Waals surface area contributed by atoms with E-state index < -0.39 is 11.4 Å². The Hall–Kier alpha value is -2.73. The van der Waals surface area contributed by atoms with E-state index >= 15 is 0 Å². The second-order valence-corrected chi connectivity index (χ2v) is 8.96. The maximum atomic E-state index is 13.1. The number of nitrogens with one attached hydrogen (secondary N) is 2. The summed E-state index contributed by atoms with van der Waals surface area (Å²) in [6, 6.07) is 11.9. The molecule has 1 heterocycles. The van der Waals surface area contributed by atoms with Gasteiger partial charge in [-0.1, -0.05) is 37.6 Å². The van der Waals surface area contributed by atoms with Crippen molar-refractivity contribution in [1.82, 2.24) is 0 Å². The van der Waals surface area contributed by atoms with Crippen molar-refractivity contribution in [3.63, 3.8) is 0 Å². The number of nitrogens with zero attached hydrogens (tertiary/aromatic N) is 1. The average Bonchev–Trinajstić information content (AvgIpc) is 2.77. The Morgan fingerprint density at radius 2 is 1.93 bits per heavy atom. The highest BCUT2D eigenvalue weighted by Crippen LogP contribution is 2.38. The predicted octanol–water partition coefficient (Wildman–Crippen LogP) is 5.78. The molecular weight excluding hydrogens is 402 g/mol. The van der Waals surface area contributed by atoms with Crippen molar-refractivity contribution in [3.05, 3.63) is 47.5 Å². The summed E-state index contributed by atoms with van der Waals surface area (Å²) in [4.78, 5) is 27.3. The fourth-order valence-electron chi connectivity index (χ4n) is 3.18. The smallest absolute Gasteiger partial charge is 0.323 e. The second-order valence-electron chi connectivity index (χ2n) is 8.55. The minimum absolute atomic E-state index is 0.0408. The Bertz CT molecular complexity index is 943. The van der Waals surface area contributed by atoms with Gasteiger partial charge in [-0.2, -0.15) is 0 Å². The molecular formula is C23H28ClN3O3. The quantitative estimate of drug-likeness (QED) is 0.632. The molecule has 0 radical (unpaired) electrons. The molecule has 1 aliphatic rings. The summed E-state index contributed by atoms with van der Waals surface area (Å²) >= 11 is 6.09. The van der Waals surface area contributed by atoms with Gasteiger partial charge in [0.15, 0.2) is 0 Å². The fraction of sp³-hybridized carbons (Fsp3) is 0.391. The van der Waals surface area contributed by atoms with Gasteiger partial charge in [0.2, 0.25) is 5.91 Å². The number of halogens is 1. The number of rotatable bonds is 5. The van der Waals surface area contributed by atoms with Crippen LogP contribution in [0.15, 0.2) is 42.5 Å². The van der Waals surface area contributed by atoms with Gasteiger partial charge >= 0.3 is 6.03 Å². The van der Waals surface area contributed by atoms with E-state index in [0.717, 1.165) is 12.1 Å². The van der Waals surface area contributed by atoms with Crippen LogP contribution in [0.4, 0.5) is 21.9 Å². The number of benzene rings is 2. The molecule has 2 aromatic rings. The van der Waals surface area contributed by atoms with Crippen LogP contribution >= 0.6 is 11.6 Å². The molecule has 2 aromatic carbocycles. The topological polar surface area (TPSA) is 70.7 Å². The number of carbonyl (C=O) groups is 2. The maximum Gasteiger partial charge on any atom is 0.323 e. The highest BCUT2D eigenvalue weighted by molar-refractivity contribution is 6.33. The molecule has 3 amide bonds. The van der Waals surface area contributed by atoms with Crippen molar-refractivity contribution in [3.8, 4) is 5.75 Å². The number of ether oxygens (including phenoxy) is 1. The number of anilines is 3. The Morgan fingerprint density at radius 3 is 2.63 bits per heavy atom. The third-order valence-corrected chi connectivity index (χ3v) is 5.30. The van der Waals surface area contributed by atoms with Crippen molar-refractivity contribution in [2.45, 2.75) is 34.1 Å². The van der Waals surface area contributed by atoms with Crippen LogP contribution in [0.25, 0.3) is 0 Å². The first kappa shape index (κ1) is 22.0. The molecule has 0 fully saturated rings. The lowest BCUT2D eigenvalue weighted by Crippen LogP contribution is -2.42. The van der Waals surface area contributed by atoms with Crippen LogP contribution in [0, 0.1) is 11.3 Å². The molecule has 0 spiro atoms. The van der Waals surface area contributed by atoms with Gasteiger partial charge in [-0.25, -0.2) is 4.79 Å². The molecule has 1 aliphatic heterocycles. The molecule has 30 heavy (non-hydrogen) atoms. The van der Waals surface area contributed by atoms with Gasteiger partial charge in [0.1, 0.15) is 12.4 Å². The normalized spacial score (nSPS) is 15.3. The van der Waals surface area contributed by atoms with Gasteiger partial charge in [-0.3, -0.25) is 4.79 Å². The molecule has 3 rings (SSSR count). The molecule has 0 aliphatic carbocycles. The molecule has 0 aromatic heterocycles. The average molecular weight is 430 g/mol.